The maximum Gasteiger partial charge on any atom is 0.252 e. The first-order valence-electron chi connectivity index (χ1n) is 7.02. The number of aromatic hydroxyl groups is 1. The quantitative estimate of drug-likeness (QED) is 0.907. The lowest BCUT2D eigenvalue weighted by Gasteiger charge is -2.29. The summed E-state index contributed by atoms with van der Waals surface area (Å²) in [7, 11) is 0. The Morgan fingerprint density at radius 1 is 1.27 bits per heavy atom. The summed E-state index contributed by atoms with van der Waals surface area (Å²) in [6.07, 6.45) is 0.764. The molecule has 2 heterocycles. The van der Waals surface area contributed by atoms with Gasteiger partial charge in [-0.2, -0.15) is 11.3 Å². The molecular formula is C16H16N2O3S. The molecule has 1 aliphatic rings. The van der Waals surface area contributed by atoms with E-state index >= 15 is 0 Å². The number of hydrogen-bond acceptors (Lipinski definition) is 4. The topological polar surface area (TPSA) is 69.6 Å². The molecular weight excluding hydrogens is 300 g/mol. The molecule has 6 heteroatoms. The fourth-order valence-electron chi connectivity index (χ4n) is 2.52. The van der Waals surface area contributed by atoms with Gasteiger partial charge in [-0.3, -0.25) is 9.59 Å². The van der Waals surface area contributed by atoms with E-state index in [4.69, 9.17) is 0 Å². The number of phenols is 1. The molecule has 1 aliphatic heterocycles. The van der Waals surface area contributed by atoms with Crippen LogP contribution >= 0.6 is 11.3 Å². The minimum Gasteiger partial charge on any atom is -0.508 e. The van der Waals surface area contributed by atoms with Crippen molar-refractivity contribution in [2.45, 2.75) is 13.0 Å². The molecule has 22 heavy (non-hydrogen) atoms. The van der Waals surface area contributed by atoms with Gasteiger partial charge in [0.2, 0.25) is 5.91 Å². The zero-order valence-corrected chi connectivity index (χ0v) is 12.7. The molecule has 0 saturated heterocycles. The Balaban J connectivity index is 1.58. The number of nitrogens with one attached hydrogen (secondary N) is 1. The van der Waals surface area contributed by atoms with Crippen LogP contribution in [0.4, 0.5) is 0 Å². The van der Waals surface area contributed by atoms with Crippen molar-refractivity contribution in [2.75, 3.05) is 13.1 Å². The Morgan fingerprint density at radius 3 is 2.91 bits per heavy atom. The molecule has 5 nitrogen and oxygen atoms in total. The summed E-state index contributed by atoms with van der Waals surface area (Å²) in [5, 5.41) is 15.8. The highest BCUT2D eigenvalue weighted by molar-refractivity contribution is 7.08. The molecule has 0 unspecified atom stereocenters. The van der Waals surface area contributed by atoms with Crippen LogP contribution in [-0.2, 0) is 17.8 Å². The monoisotopic (exact) mass is 316 g/mol. The van der Waals surface area contributed by atoms with E-state index in [2.05, 4.69) is 5.32 Å². The predicted octanol–water partition coefficient (Wildman–Crippen LogP) is 1.77. The zero-order chi connectivity index (χ0) is 15.5. The summed E-state index contributed by atoms with van der Waals surface area (Å²) in [5.74, 6) is -0.138. The van der Waals surface area contributed by atoms with E-state index in [1.807, 2.05) is 11.4 Å². The number of hydrogen-bond donors (Lipinski definition) is 2. The minimum absolute atomic E-state index is 0.0111. The lowest BCUT2D eigenvalue weighted by Crippen LogP contribution is -2.42. The van der Waals surface area contributed by atoms with Gasteiger partial charge in [0.1, 0.15) is 5.75 Å². The predicted molar refractivity (Wildman–Crippen MR) is 83.9 cm³/mol. The smallest absolute Gasteiger partial charge is 0.252 e. The number of fused-ring (bicyclic) bond motifs is 1. The van der Waals surface area contributed by atoms with Crippen LogP contribution < -0.4 is 5.32 Å². The van der Waals surface area contributed by atoms with Gasteiger partial charge in [-0.1, -0.05) is 6.07 Å². The molecule has 0 aliphatic carbocycles. The maximum absolute atomic E-state index is 12.2. The molecule has 3 rings (SSSR count). The SMILES string of the molecule is O=C(NCC(=O)N1CCc2ccc(O)cc2C1)c1ccsc1. The van der Waals surface area contributed by atoms with Gasteiger partial charge in [-0.25, -0.2) is 0 Å². The van der Waals surface area contributed by atoms with Crippen molar-refractivity contribution in [2.24, 2.45) is 0 Å². The summed E-state index contributed by atoms with van der Waals surface area (Å²) in [6, 6.07) is 6.98. The number of nitrogens with zero attached hydrogens (tertiary/aromatic N) is 1. The highest BCUT2D eigenvalue weighted by Gasteiger charge is 2.21. The first-order chi connectivity index (χ1) is 10.6. The van der Waals surface area contributed by atoms with Gasteiger partial charge in [-0.15, -0.1) is 0 Å². The van der Waals surface area contributed by atoms with Gasteiger partial charge >= 0.3 is 0 Å². The fourth-order valence-corrected chi connectivity index (χ4v) is 3.16. The Bertz CT molecular complexity index is 697. The first-order valence-corrected chi connectivity index (χ1v) is 7.97. The number of benzene rings is 1. The average molecular weight is 316 g/mol. The largest absolute Gasteiger partial charge is 0.508 e. The van der Waals surface area contributed by atoms with Gasteiger partial charge in [0.15, 0.2) is 0 Å². The van der Waals surface area contributed by atoms with E-state index in [9.17, 15) is 14.7 Å². The van der Waals surface area contributed by atoms with E-state index in [1.165, 1.54) is 11.3 Å². The minimum atomic E-state index is -0.232. The van der Waals surface area contributed by atoms with Crippen LogP contribution in [0.5, 0.6) is 5.75 Å². The van der Waals surface area contributed by atoms with Gasteiger partial charge in [0.25, 0.3) is 5.91 Å². The summed E-state index contributed by atoms with van der Waals surface area (Å²) >= 11 is 1.44. The first kappa shape index (κ1) is 14.6. The Hall–Kier alpha value is -2.34. The van der Waals surface area contributed by atoms with Gasteiger partial charge in [-0.05, 0) is 41.1 Å². The summed E-state index contributed by atoms with van der Waals surface area (Å²) < 4.78 is 0. The van der Waals surface area contributed by atoms with Crippen molar-refractivity contribution in [3.8, 4) is 5.75 Å². The second-order valence-corrected chi connectivity index (χ2v) is 5.99. The maximum atomic E-state index is 12.2. The molecule has 114 valence electrons. The molecule has 2 amide bonds. The third-order valence-corrected chi connectivity index (χ3v) is 4.42. The van der Waals surface area contributed by atoms with Crippen molar-refractivity contribution in [1.29, 1.82) is 0 Å². The molecule has 2 N–H and O–H groups in total. The molecule has 0 radical (unpaired) electrons. The highest BCUT2D eigenvalue weighted by atomic mass is 32.1. The molecule has 0 spiro atoms. The van der Waals surface area contributed by atoms with Crippen LogP contribution in [0.15, 0.2) is 35.0 Å². The number of phenolic OH excluding ortho intramolecular Hbond substituents is 1. The summed E-state index contributed by atoms with van der Waals surface area (Å²) in [6.45, 7) is 1.09. The van der Waals surface area contributed by atoms with Crippen LogP contribution in [0.2, 0.25) is 0 Å². The third kappa shape index (κ3) is 3.12. The second kappa shape index (κ2) is 6.19. The number of thiophene rings is 1. The van der Waals surface area contributed by atoms with Crippen LogP contribution in [0.25, 0.3) is 0 Å². The normalized spacial score (nSPS) is 13.5. The van der Waals surface area contributed by atoms with Crippen LogP contribution in [0.3, 0.4) is 0 Å². The molecule has 1 aromatic carbocycles. The van der Waals surface area contributed by atoms with E-state index in [0.717, 1.165) is 17.5 Å². The van der Waals surface area contributed by atoms with Crippen LogP contribution in [0, 0.1) is 0 Å². The number of carbonyl (C=O) groups is 2. The molecule has 0 saturated carbocycles. The van der Waals surface area contributed by atoms with Crippen molar-refractivity contribution in [3.05, 3.63) is 51.7 Å². The van der Waals surface area contributed by atoms with E-state index < -0.39 is 0 Å². The molecule has 0 atom stereocenters. The van der Waals surface area contributed by atoms with Crippen molar-refractivity contribution >= 4 is 23.2 Å². The van der Waals surface area contributed by atoms with Crippen molar-refractivity contribution in [3.63, 3.8) is 0 Å². The molecule has 0 bridgehead atoms. The highest BCUT2D eigenvalue weighted by Crippen LogP contribution is 2.23. The Labute approximate surface area is 132 Å². The van der Waals surface area contributed by atoms with Gasteiger partial charge in [0.05, 0.1) is 6.54 Å². The van der Waals surface area contributed by atoms with Crippen LogP contribution in [0.1, 0.15) is 21.5 Å². The van der Waals surface area contributed by atoms with E-state index in [1.54, 1.807) is 28.5 Å². The number of amides is 2. The van der Waals surface area contributed by atoms with Crippen LogP contribution in [-0.4, -0.2) is 34.9 Å². The average Bonchev–Trinajstić information content (AvgIpc) is 3.06. The lowest BCUT2D eigenvalue weighted by atomic mass is 9.99. The Kier molecular flexibility index (Phi) is 4.11. The number of rotatable bonds is 3. The standard InChI is InChI=1S/C16H16N2O3S/c19-14-2-1-11-3-5-18(9-13(11)7-14)15(20)8-17-16(21)12-4-6-22-10-12/h1-2,4,6-7,10,19H,3,5,8-9H2,(H,17,21). The van der Waals surface area contributed by atoms with E-state index in [-0.39, 0.29) is 24.1 Å². The third-order valence-electron chi connectivity index (χ3n) is 3.74. The summed E-state index contributed by atoms with van der Waals surface area (Å²) in [5.41, 5.74) is 2.69. The number of carbonyl (C=O) groups excluding carboxylic acids is 2. The molecule has 1 aromatic heterocycles. The summed E-state index contributed by atoms with van der Waals surface area (Å²) in [4.78, 5) is 25.8. The van der Waals surface area contributed by atoms with Gasteiger partial charge < -0.3 is 15.3 Å². The van der Waals surface area contributed by atoms with Gasteiger partial charge in [0, 0.05) is 24.0 Å². The van der Waals surface area contributed by atoms with E-state index in [0.29, 0.717) is 18.7 Å². The zero-order valence-electron chi connectivity index (χ0n) is 11.9. The van der Waals surface area contributed by atoms with Crippen molar-refractivity contribution < 1.29 is 14.7 Å². The second-order valence-electron chi connectivity index (χ2n) is 5.21. The lowest BCUT2D eigenvalue weighted by molar-refractivity contribution is -0.131. The molecule has 2 aromatic rings. The Morgan fingerprint density at radius 2 is 2.14 bits per heavy atom. The van der Waals surface area contributed by atoms with Crippen molar-refractivity contribution in [1.82, 2.24) is 10.2 Å². The fraction of sp³-hybridized carbons (Fsp3) is 0.250. The molecule has 0 fully saturated rings.